The number of carbonyl (C=O) groups excluding carboxylic acids is 1. The molecule has 0 bridgehead atoms. The zero-order valence-corrected chi connectivity index (χ0v) is 13.2. The maximum atomic E-state index is 12.0. The van der Waals surface area contributed by atoms with Crippen LogP contribution in [0, 0.1) is 6.20 Å². The van der Waals surface area contributed by atoms with E-state index in [0.29, 0.717) is 12.1 Å². The van der Waals surface area contributed by atoms with Gasteiger partial charge in [-0.2, -0.15) is 0 Å². The highest BCUT2D eigenvalue weighted by Crippen LogP contribution is 2.18. The molecule has 0 aliphatic heterocycles. The summed E-state index contributed by atoms with van der Waals surface area (Å²) in [6, 6.07) is 11.9. The lowest BCUT2D eigenvalue weighted by atomic mass is 10.1. The van der Waals surface area contributed by atoms with Crippen LogP contribution in [0.5, 0.6) is 0 Å². The highest BCUT2D eigenvalue weighted by molar-refractivity contribution is 7.99. The Morgan fingerprint density at radius 1 is 1.19 bits per heavy atom. The van der Waals surface area contributed by atoms with Gasteiger partial charge >= 0.3 is 11.9 Å². The van der Waals surface area contributed by atoms with Crippen molar-refractivity contribution in [3.8, 4) is 0 Å². The first-order valence-corrected chi connectivity index (χ1v) is 8.09. The topological polar surface area (TPSA) is 43.2 Å². The summed E-state index contributed by atoms with van der Waals surface area (Å²) in [6.45, 7) is 4.16. The van der Waals surface area contributed by atoms with Crippen LogP contribution in [0.1, 0.15) is 25.1 Å². The molecule has 3 nitrogen and oxygen atoms in total. The van der Waals surface area contributed by atoms with Gasteiger partial charge in [0.2, 0.25) is 5.91 Å². The molecular formula is C17H19N2OS+. The number of benzene rings is 1. The lowest BCUT2D eigenvalue weighted by Crippen LogP contribution is -2.15. The van der Waals surface area contributed by atoms with Gasteiger partial charge in [0.1, 0.15) is 0 Å². The summed E-state index contributed by atoms with van der Waals surface area (Å²) in [5.74, 6) is 1.00. The molecule has 2 rings (SSSR count). The van der Waals surface area contributed by atoms with Crippen molar-refractivity contribution in [2.45, 2.75) is 31.6 Å². The second-order valence-electron chi connectivity index (χ2n) is 4.62. The molecule has 0 unspecified atom stereocenters. The number of rotatable bonds is 6. The zero-order chi connectivity index (χ0) is 15.1. The third-order valence-electron chi connectivity index (χ3n) is 3.00. The van der Waals surface area contributed by atoms with E-state index < -0.39 is 0 Å². The van der Waals surface area contributed by atoms with Crippen molar-refractivity contribution in [1.82, 2.24) is 0 Å². The summed E-state index contributed by atoms with van der Waals surface area (Å²) < 4.78 is 0. The van der Waals surface area contributed by atoms with Crippen LogP contribution in [0.15, 0.2) is 41.3 Å². The number of nitrogens with one attached hydrogen (secondary N) is 1. The van der Waals surface area contributed by atoms with Crippen LogP contribution in [0.3, 0.4) is 0 Å². The number of amides is 1. The maximum Gasteiger partial charge on any atom is 0.338 e. The second-order valence-corrected chi connectivity index (χ2v) is 5.95. The van der Waals surface area contributed by atoms with Crippen LogP contribution in [0.2, 0.25) is 0 Å². The van der Waals surface area contributed by atoms with E-state index in [2.05, 4.69) is 35.6 Å². The highest BCUT2D eigenvalue weighted by Gasteiger charge is 2.08. The van der Waals surface area contributed by atoms with E-state index in [0.717, 1.165) is 23.4 Å². The first-order valence-electron chi connectivity index (χ1n) is 7.10. The number of aryl methyl sites for hydroxylation is 1. The Kier molecular flexibility index (Phi) is 5.65. The van der Waals surface area contributed by atoms with Crippen molar-refractivity contribution in [2.75, 3.05) is 11.1 Å². The van der Waals surface area contributed by atoms with Gasteiger partial charge in [-0.25, -0.2) is 0 Å². The Labute approximate surface area is 130 Å². The first-order chi connectivity index (χ1) is 10.2. The third kappa shape index (κ3) is 4.80. The van der Waals surface area contributed by atoms with E-state index in [-0.39, 0.29) is 5.91 Å². The third-order valence-corrected chi connectivity index (χ3v) is 3.89. The van der Waals surface area contributed by atoms with Crippen LogP contribution in [-0.2, 0) is 17.6 Å². The van der Waals surface area contributed by atoms with E-state index in [9.17, 15) is 4.79 Å². The predicted molar refractivity (Wildman–Crippen MR) is 85.4 cm³/mol. The minimum absolute atomic E-state index is 0.0480. The summed E-state index contributed by atoms with van der Waals surface area (Å²) in [5, 5.41) is 2.82. The van der Waals surface area contributed by atoms with Gasteiger partial charge in [-0.15, -0.1) is 11.8 Å². The molecule has 108 valence electrons. The van der Waals surface area contributed by atoms with Crippen molar-refractivity contribution in [1.29, 1.82) is 0 Å². The van der Waals surface area contributed by atoms with Crippen molar-refractivity contribution < 1.29 is 9.78 Å². The second kappa shape index (κ2) is 7.70. The average Bonchev–Trinajstić information content (AvgIpc) is 2.50. The van der Waals surface area contributed by atoms with Gasteiger partial charge < -0.3 is 5.32 Å². The molecule has 0 atom stereocenters. The van der Waals surface area contributed by atoms with Gasteiger partial charge in [0.15, 0.2) is 5.69 Å². The van der Waals surface area contributed by atoms with Crippen molar-refractivity contribution in [2.24, 2.45) is 0 Å². The minimum atomic E-state index is -0.0480. The largest absolute Gasteiger partial charge is 0.338 e. The van der Waals surface area contributed by atoms with E-state index in [1.165, 1.54) is 4.90 Å². The summed E-state index contributed by atoms with van der Waals surface area (Å²) >= 11 is 1.80. The lowest BCUT2D eigenvalue weighted by molar-refractivity contribution is -0.307. The number of nitrogens with zero attached hydrogens (tertiary/aromatic N) is 1. The van der Waals surface area contributed by atoms with Crippen LogP contribution < -0.4 is 10.3 Å². The van der Waals surface area contributed by atoms with Gasteiger partial charge in [-0.3, -0.25) is 4.79 Å². The molecule has 1 aromatic heterocycles. The van der Waals surface area contributed by atoms with Gasteiger partial charge in [0.05, 0.1) is 6.42 Å². The van der Waals surface area contributed by atoms with Gasteiger partial charge in [0.25, 0.3) is 0 Å². The quantitative estimate of drug-likeness (QED) is 0.834. The van der Waals surface area contributed by atoms with E-state index in [1.54, 1.807) is 11.8 Å². The van der Waals surface area contributed by atoms with E-state index in [4.69, 9.17) is 0 Å². The van der Waals surface area contributed by atoms with Crippen LogP contribution in [0.25, 0.3) is 0 Å². The van der Waals surface area contributed by atoms with Crippen molar-refractivity contribution in [3.63, 3.8) is 0 Å². The van der Waals surface area contributed by atoms with E-state index >= 15 is 0 Å². The average molecular weight is 299 g/mol. The fourth-order valence-corrected chi connectivity index (χ4v) is 2.56. The summed E-state index contributed by atoms with van der Waals surface area (Å²) in [7, 11) is 0. The number of hydrogen-bond acceptors (Lipinski definition) is 2. The highest BCUT2D eigenvalue weighted by atomic mass is 32.2. The standard InChI is InChI=1S/C17H18N2OS/c1-3-14-7-8-15(12-18-14)19-17(20)11-13-5-9-16(10-6-13)21-4-2/h5-10H,3-4,11H2,1-2H3/p+1. The summed E-state index contributed by atoms with van der Waals surface area (Å²) in [4.78, 5) is 17.4. The molecule has 4 heteroatoms. The maximum absolute atomic E-state index is 12.0. The Balaban J connectivity index is 1.91. The fraction of sp³-hybridized carbons (Fsp3) is 0.294. The molecule has 1 N–H and O–H groups in total. The van der Waals surface area contributed by atoms with E-state index in [1.807, 2.05) is 31.2 Å². The molecule has 0 saturated carbocycles. The van der Waals surface area contributed by atoms with Gasteiger partial charge in [0, 0.05) is 17.4 Å². The lowest BCUT2D eigenvalue weighted by Gasteiger charge is -2.03. The Bertz CT molecular complexity index is 579. The Morgan fingerprint density at radius 2 is 1.95 bits per heavy atom. The molecule has 21 heavy (non-hydrogen) atoms. The van der Waals surface area contributed by atoms with Crippen LogP contribution >= 0.6 is 11.8 Å². The Hall–Kier alpha value is -1.99. The molecule has 0 fully saturated rings. The number of thioether (sulfide) groups is 1. The SMILES string of the molecule is CCSc1ccc(CC(=O)Nc2c#[n+]c(CC)cc2)cc1. The number of hydrogen-bond donors (Lipinski definition) is 1. The fourth-order valence-electron chi connectivity index (χ4n) is 1.90. The molecule has 0 radical (unpaired) electrons. The van der Waals surface area contributed by atoms with Crippen molar-refractivity contribution >= 4 is 23.4 Å². The molecule has 0 saturated heterocycles. The molecule has 0 spiro atoms. The molecule has 1 heterocycles. The minimum Gasteiger partial charge on any atom is -0.313 e. The molecule has 1 aromatic carbocycles. The molecule has 1 amide bonds. The number of carbonyl (C=O) groups is 1. The molecule has 2 aromatic rings. The molecule has 0 aliphatic rings. The zero-order valence-electron chi connectivity index (χ0n) is 12.3. The first kappa shape index (κ1) is 15.4. The number of aromatic nitrogens is 1. The summed E-state index contributed by atoms with van der Waals surface area (Å²) in [5.41, 5.74) is 2.60. The Morgan fingerprint density at radius 3 is 2.52 bits per heavy atom. The molecule has 0 aliphatic carbocycles. The van der Waals surface area contributed by atoms with Gasteiger partial charge in [-0.05, 0) is 34.5 Å². The monoisotopic (exact) mass is 299 g/mol. The number of anilines is 1. The van der Waals surface area contributed by atoms with Crippen molar-refractivity contribution in [3.05, 3.63) is 53.9 Å². The van der Waals surface area contributed by atoms with Gasteiger partial charge in [-0.1, -0.05) is 26.0 Å². The predicted octanol–water partition coefficient (Wildman–Crippen LogP) is 2.94. The van der Waals surface area contributed by atoms with Crippen LogP contribution in [0.4, 0.5) is 5.69 Å². The smallest absolute Gasteiger partial charge is 0.313 e. The molecular weight excluding hydrogens is 280 g/mol. The normalized spacial score (nSPS) is 10.0. The summed E-state index contributed by atoms with van der Waals surface area (Å²) in [6.07, 6.45) is 4.07. The van der Waals surface area contributed by atoms with Crippen LogP contribution in [-0.4, -0.2) is 11.7 Å².